The molecule has 17 heavy (non-hydrogen) atoms. The Morgan fingerprint density at radius 1 is 1.35 bits per heavy atom. The van der Waals surface area contributed by atoms with Crippen molar-refractivity contribution in [2.24, 2.45) is 5.92 Å². The fraction of sp³-hybridized carbons (Fsp3) is 0.429. The van der Waals surface area contributed by atoms with Crippen molar-refractivity contribution >= 4 is 28.5 Å². The predicted octanol–water partition coefficient (Wildman–Crippen LogP) is 4.13. The highest BCUT2D eigenvalue weighted by Gasteiger charge is 2.18. The third-order valence-electron chi connectivity index (χ3n) is 3.67. The molecule has 1 aromatic carbocycles. The lowest BCUT2D eigenvalue weighted by Crippen LogP contribution is -2.17. The van der Waals surface area contributed by atoms with Crippen LogP contribution in [0, 0.1) is 5.92 Å². The normalized spacial score (nSPS) is 16.1. The summed E-state index contributed by atoms with van der Waals surface area (Å²) in [5, 5.41) is 1.34. The van der Waals surface area contributed by atoms with Gasteiger partial charge in [0.05, 0.1) is 5.52 Å². The van der Waals surface area contributed by atoms with E-state index in [1.54, 1.807) is 11.9 Å². The van der Waals surface area contributed by atoms with E-state index in [1.807, 2.05) is 0 Å². The molecule has 1 saturated carbocycles. The van der Waals surface area contributed by atoms with E-state index in [1.165, 1.54) is 42.4 Å². The number of fused-ring (bicyclic) bond motifs is 1. The van der Waals surface area contributed by atoms with Gasteiger partial charge in [0.25, 0.3) is 0 Å². The average Bonchev–Trinajstić information content (AvgIpc) is 2.67. The van der Waals surface area contributed by atoms with Crippen molar-refractivity contribution < 1.29 is 0 Å². The molecule has 90 valence electrons. The molecule has 3 heteroatoms. The Kier molecular flexibility index (Phi) is 3.02. The third-order valence-corrected chi connectivity index (χ3v) is 4.11. The van der Waals surface area contributed by atoms with Gasteiger partial charge in [-0.1, -0.05) is 24.4 Å². The van der Waals surface area contributed by atoms with Crippen molar-refractivity contribution in [1.29, 1.82) is 0 Å². The van der Waals surface area contributed by atoms with E-state index in [0.717, 1.165) is 5.92 Å². The smallest absolute Gasteiger partial charge is 0.0501 e. The summed E-state index contributed by atoms with van der Waals surface area (Å²) < 4.78 is 5.71. The fourth-order valence-corrected chi connectivity index (χ4v) is 2.84. The standard InChI is InChI=1S/C14H18N2S/c1-17-15-13-6-5-12-7-8-16(14(12)9-13)10-11-3-2-4-11/h5-9,11,15H,2-4,10H2,1H3. The molecule has 0 unspecified atom stereocenters. The monoisotopic (exact) mass is 246 g/mol. The van der Waals surface area contributed by atoms with Crippen molar-refractivity contribution in [3.05, 3.63) is 30.5 Å². The lowest BCUT2D eigenvalue weighted by molar-refractivity contribution is 0.280. The van der Waals surface area contributed by atoms with Gasteiger partial charge in [0.15, 0.2) is 0 Å². The molecule has 1 aromatic heterocycles. The van der Waals surface area contributed by atoms with Gasteiger partial charge in [0, 0.05) is 24.7 Å². The van der Waals surface area contributed by atoms with Crippen molar-refractivity contribution in [2.75, 3.05) is 11.0 Å². The zero-order valence-corrected chi connectivity index (χ0v) is 11.0. The summed E-state index contributed by atoms with van der Waals surface area (Å²) in [7, 11) is 0. The summed E-state index contributed by atoms with van der Waals surface area (Å²) >= 11 is 1.64. The molecule has 0 amide bonds. The van der Waals surface area contributed by atoms with Crippen LogP contribution in [0.3, 0.4) is 0 Å². The van der Waals surface area contributed by atoms with Crippen LogP contribution in [-0.4, -0.2) is 10.8 Å². The van der Waals surface area contributed by atoms with E-state index >= 15 is 0 Å². The number of nitrogens with one attached hydrogen (secondary N) is 1. The summed E-state index contributed by atoms with van der Waals surface area (Å²) in [6.07, 6.45) is 8.51. The van der Waals surface area contributed by atoms with E-state index in [0.29, 0.717) is 0 Å². The molecular formula is C14H18N2S. The van der Waals surface area contributed by atoms with E-state index < -0.39 is 0 Å². The fourth-order valence-electron chi connectivity index (χ4n) is 2.48. The average molecular weight is 246 g/mol. The third kappa shape index (κ3) is 2.16. The van der Waals surface area contributed by atoms with E-state index in [-0.39, 0.29) is 0 Å². The van der Waals surface area contributed by atoms with Crippen molar-refractivity contribution in [2.45, 2.75) is 25.8 Å². The molecule has 0 atom stereocenters. The Bertz CT molecular complexity index is 514. The highest BCUT2D eigenvalue weighted by atomic mass is 32.2. The Hall–Kier alpha value is -1.09. The van der Waals surface area contributed by atoms with Crippen molar-refractivity contribution in [3.63, 3.8) is 0 Å². The minimum Gasteiger partial charge on any atom is -0.347 e. The molecular weight excluding hydrogens is 228 g/mol. The van der Waals surface area contributed by atoms with Gasteiger partial charge in [0.2, 0.25) is 0 Å². The van der Waals surface area contributed by atoms with Gasteiger partial charge in [-0.2, -0.15) is 0 Å². The highest BCUT2D eigenvalue weighted by molar-refractivity contribution is 7.99. The summed E-state index contributed by atoms with van der Waals surface area (Å²) in [6.45, 7) is 1.19. The first kappa shape index (κ1) is 11.0. The quantitative estimate of drug-likeness (QED) is 0.817. The molecule has 0 saturated heterocycles. The molecule has 3 rings (SSSR count). The van der Waals surface area contributed by atoms with Gasteiger partial charge in [-0.05, 0) is 42.3 Å². The molecule has 0 radical (unpaired) electrons. The first-order valence-electron chi connectivity index (χ1n) is 6.25. The Morgan fingerprint density at radius 3 is 2.94 bits per heavy atom. The number of hydrogen-bond donors (Lipinski definition) is 1. The van der Waals surface area contributed by atoms with Gasteiger partial charge >= 0.3 is 0 Å². The van der Waals surface area contributed by atoms with Crippen LogP contribution in [0.15, 0.2) is 30.5 Å². The second kappa shape index (κ2) is 4.65. The number of benzene rings is 1. The van der Waals surface area contributed by atoms with Crippen LogP contribution in [0.25, 0.3) is 10.9 Å². The summed E-state index contributed by atoms with van der Waals surface area (Å²) in [5.41, 5.74) is 2.55. The van der Waals surface area contributed by atoms with Crippen LogP contribution in [0.4, 0.5) is 5.69 Å². The number of nitrogens with zero attached hydrogens (tertiary/aromatic N) is 1. The number of aromatic nitrogens is 1. The van der Waals surface area contributed by atoms with E-state index in [4.69, 9.17) is 0 Å². The van der Waals surface area contributed by atoms with Gasteiger partial charge in [-0.3, -0.25) is 0 Å². The van der Waals surface area contributed by atoms with Crippen LogP contribution in [0.2, 0.25) is 0 Å². The van der Waals surface area contributed by atoms with Gasteiger partial charge < -0.3 is 9.29 Å². The number of hydrogen-bond acceptors (Lipinski definition) is 2. The number of anilines is 1. The minimum atomic E-state index is 0.905. The molecule has 0 bridgehead atoms. The largest absolute Gasteiger partial charge is 0.347 e. The Labute approximate surface area is 107 Å². The van der Waals surface area contributed by atoms with Crippen molar-refractivity contribution in [1.82, 2.24) is 4.57 Å². The molecule has 1 fully saturated rings. The zero-order chi connectivity index (χ0) is 11.7. The summed E-state index contributed by atoms with van der Waals surface area (Å²) in [4.78, 5) is 0. The zero-order valence-electron chi connectivity index (χ0n) is 10.1. The van der Waals surface area contributed by atoms with Gasteiger partial charge in [-0.25, -0.2) is 0 Å². The SMILES string of the molecule is CSNc1ccc2ccn(CC3CCC3)c2c1. The predicted molar refractivity (Wildman–Crippen MR) is 76.4 cm³/mol. The maximum absolute atomic E-state index is 3.30. The van der Waals surface area contributed by atoms with E-state index in [9.17, 15) is 0 Å². The van der Waals surface area contributed by atoms with E-state index in [2.05, 4.69) is 46.0 Å². The van der Waals surface area contributed by atoms with Crippen LogP contribution in [0.1, 0.15) is 19.3 Å². The summed E-state index contributed by atoms with van der Waals surface area (Å²) in [5.74, 6) is 0.905. The molecule has 0 aliphatic heterocycles. The molecule has 1 aliphatic rings. The Balaban J connectivity index is 1.91. The topological polar surface area (TPSA) is 17.0 Å². The van der Waals surface area contributed by atoms with Crippen LogP contribution in [-0.2, 0) is 6.54 Å². The highest BCUT2D eigenvalue weighted by Crippen LogP contribution is 2.30. The Morgan fingerprint density at radius 2 is 2.24 bits per heavy atom. The van der Waals surface area contributed by atoms with Gasteiger partial charge in [-0.15, -0.1) is 0 Å². The molecule has 2 aromatic rings. The molecule has 2 nitrogen and oxygen atoms in total. The van der Waals surface area contributed by atoms with Crippen molar-refractivity contribution in [3.8, 4) is 0 Å². The lowest BCUT2D eigenvalue weighted by atomic mass is 9.85. The first-order valence-corrected chi connectivity index (χ1v) is 7.47. The maximum atomic E-state index is 3.30. The first-order chi connectivity index (χ1) is 8.36. The van der Waals surface area contributed by atoms with Gasteiger partial charge in [0.1, 0.15) is 0 Å². The second-order valence-corrected chi connectivity index (χ2v) is 5.46. The lowest BCUT2D eigenvalue weighted by Gasteiger charge is -2.26. The molecule has 1 heterocycles. The van der Waals surface area contributed by atoms with Crippen LogP contribution < -0.4 is 4.72 Å². The summed E-state index contributed by atoms with van der Waals surface area (Å²) in [6, 6.07) is 8.82. The molecule has 1 N–H and O–H groups in total. The van der Waals surface area contributed by atoms with Crippen LogP contribution >= 0.6 is 11.9 Å². The number of rotatable bonds is 4. The second-order valence-electron chi connectivity index (χ2n) is 4.84. The minimum absolute atomic E-state index is 0.905. The van der Waals surface area contributed by atoms with Crippen LogP contribution in [0.5, 0.6) is 0 Å². The molecule has 0 spiro atoms. The maximum Gasteiger partial charge on any atom is 0.0501 e. The molecule has 1 aliphatic carbocycles.